The zero-order valence-electron chi connectivity index (χ0n) is 22.3. The summed E-state index contributed by atoms with van der Waals surface area (Å²) in [4.78, 5) is 64.4. The number of methoxy groups -OCH3 is 1. The number of nitrogens with zero attached hydrogens (tertiary/aromatic N) is 2. The van der Waals surface area contributed by atoms with Gasteiger partial charge in [-0.2, -0.15) is 0 Å². The number of rotatable bonds is 5. The van der Waals surface area contributed by atoms with E-state index >= 15 is 0 Å². The first-order valence-corrected chi connectivity index (χ1v) is 15.0. The summed E-state index contributed by atoms with van der Waals surface area (Å²) in [6.07, 6.45) is 1.64. The number of amides is 4. The maximum absolute atomic E-state index is 14.0. The highest BCUT2D eigenvalue weighted by Gasteiger charge is 2.76. The lowest BCUT2D eigenvalue weighted by molar-refractivity contribution is -0.138. The first kappa shape index (κ1) is 29.5. The standard InChI is InChI=1S/C29H23BrCl2N2O9/c1-43-20-8-12(2-7-18(20)35)22-14-5-6-16-21(17(14)10-28(31)26(41)33(11-30)27(42)29(22,28)32)24(38)34(23(16)37)13-3-4-15(25(39)40)19(36)9-13/h2-5,7-9,16-17,21-22,35-36H,6,10-11H2,1H3,(H,39,40). The molecule has 6 atom stereocenters. The number of aromatic hydroxyl groups is 2. The van der Waals surface area contributed by atoms with E-state index in [1.165, 1.54) is 31.4 Å². The Morgan fingerprint density at radius 2 is 1.74 bits per heavy atom. The number of phenolic OH excluding ortho intramolecular Hbond substituents is 1. The van der Waals surface area contributed by atoms with Gasteiger partial charge in [0, 0.05) is 12.0 Å². The maximum Gasteiger partial charge on any atom is 0.339 e. The monoisotopic (exact) mass is 692 g/mol. The molecule has 2 aromatic carbocycles. The summed E-state index contributed by atoms with van der Waals surface area (Å²) in [6.45, 7) is 0. The van der Waals surface area contributed by atoms with E-state index in [1.54, 1.807) is 6.08 Å². The number of fused-ring (bicyclic) bond motifs is 4. The van der Waals surface area contributed by atoms with Crippen LogP contribution in [0, 0.1) is 17.8 Å². The van der Waals surface area contributed by atoms with E-state index in [9.17, 15) is 39.3 Å². The predicted molar refractivity (Wildman–Crippen MR) is 156 cm³/mol. The highest BCUT2D eigenvalue weighted by Crippen LogP contribution is 2.65. The third-order valence-electron chi connectivity index (χ3n) is 9.02. The third-order valence-corrected chi connectivity index (χ3v) is 10.9. The van der Waals surface area contributed by atoms with Gasteiger partial charge in [-0.3, -0.25) is 24.1 Å². The molecule has 2 aliphatic heterocycles. The molecule has 0 bridgehead atoms. The van der Waals surface area contributed by atoms with Crippen molar-refractivity contribution < 1.29 is 44.0 Å². The number of halogens is 3. The van der Waals surface area contributed by atoms with Gasteiger partial charge in [-0.1, -0.05) is 33.6 Å². The second kappa shape index (κ2) is 9.96. The molecule has 0 spiro atoms. The molecule has 6 unspecified atom stereocenters. The van der Waals surface area contributed by atoms with Gasteiger partial charge in [0.2, 0.25) is 11.8 Å². The van der Waals surface area contributed by atoms with E-state index in [-0.39, 0.29) is 35.5 Å². The van der Waals surface area contributed by atoms with Crippen LogP contribution in [0.1, 0.15) is 34.7 Å². The highest BCUT2D eigenvalue weighted by molar-refractivity contribution is 9.09. The van der Waals surface area contributed by atoms with Crippen LogP contribution in [0.2, 0.25) is 0 Å². The highest BCUT2D eigenvalue weighted by atomic mass is 79.9. The largest absolute Gasteiger partial charge is 0.507 e. The van der Waals surface area contributed by atoms with Crippen molar-refractivity contribution in [1.29, 1.82) is 0 Å². The summed E-state index contributed by atoms with van der Waals surface area (Å²) >= 11 is 17.5. The molecule has 2 aromatic rings. The summed E-state index contributed by atoms with van der Waals surface area (Å²) in [5, 5.41) is 29.8. The van der Waals surface area contributed by atoms with Crippen LogP contribution in [-0.4, -0.2) is 72.1 Å². The minimum Gasteiger partial charge on any atom is -0.507 e. The number of hydrogen-bond donors (Lipinski definition) is 3. The van der Waals surface area contributed by atoms with Crippen LogP contribution in [0.15, 0.2) is 48.0 Å². The fourth-order valence-corrected chi connectivity index (χ4v) is 8.52. The molecule has 6 rings (SSSR count). The van der Waals surface area contributed by atoms with E-state index in [2.05, 4.69) is 15.9 Å². The lowest BCUT2D eigenvalue weighted by Gasteiger charge is -2.50. The van der Waals surface area contributed by atoms with Crippen LogP contribution in [0.3, 0.4) is 0 Å². The first-order chi connectivity index (χ1) is 20.3. The lowest BCUT2D eigenvalue weighted by Crippen LogP contribution is -2.60. The van der Waals surface area contributed by atoms with Gasteiger partial charge >= 0.3 is 5.97 Å². The van der Waals surface area contributed by atoms with Crippen molar-refractivity contribution >= 4 is 74.4 Å². The third kappa shape index (κ3) is 3.82. The molecule has 0 aromatic heterocycles. The van der Waals surface area contributed by atoms with Crippen LogP contribution >= 0.6 is 39.1 Å². The molecule has 224 valence electrons. The van der Waals surface area contributed by atoms with Crippen molar-refractivity contribution in [2.45, 2.75) is 28.5 Å². The molecule has 0 radical (unpaired) electrons. The van der Waals surface area contributed by atoms with Crippen LogP contribution in [-0.2, 0) is 19.2 Å². The Kier molecular flexibility index (Phi) is 6.83. The number of hydrogen-bond acceptors (Lipinski definition) is 8. The van der Waals surface area contributed by atoms with Gasteiger partial charge in [0.1, 0.15) is 11.3 Å². The van der Waals surface area contributed by atoms with Crippen molar-refractivity contribution in [3.8, 4) is 17.2 Å². The van der Waals surface area contributed by atoms with E-state index < -0.39 is 74.3 Å². The zero-order valence-corrected chi connectivity index (χ0v) is 25.4. The summed E-state index contributed by atoms with van der Waals surface area (Å²) in [5.41, 5.74) is 0.381. The molecule has 11 nitrogen and oxygen atoms in total. The zero-order chi connectivity index (χ0) is 31.2. The van der Waals surface area contributed by atoms with Crippen molar-refractivity contribution in [2.24, 2.45) is 17.8 Å². The van der Waals surface area contributed by atoms with Gasteiger partial charge in [-0.15, -0.1) is 23.2 Å². The van der Waals surface area contributed by atoms with Crippen molar-refractivity contribution in [1.82, 2.24) is 4.90 Å². The minimum atomic E-state index is -2.01. The predicted octanol–water partition coefficient (Wildman–Crippen LogP) is 3.72. The van der Waals surface area contributed by atoms with Crippen LogP contribution in [0.4, 0.5) is 5.69 Å². The average Bonchev–Trinajstić information content (AvgIpc) is 3.30. The number of likely N-dealkylation sites (tertiary alicyclic amines) is 1. The summed E-state index contributed by atoms with van der Waals surface area (Å²) < 4.78 is 5.29. The number of aromatic carboxylic acids is 1. The molecule has 2 aliphatic carbocycles. The molecule has 3 fully saturated rings. The second-order valence-electron chi connectivity index (χ2n) is 10.9. The van der Waals surface area contributed by atoms with Crippen molar-refractivity contribution in [2.75, 3.05) is 17.5 Å². The fourth-order valence-electron chi connectivity index (χ4n) is 7.10. The number of benzene rings is 2. The normalized spacial score (nSPS) is 31.5. The van der Waals surface area contributed by atoms with Crippen LogP contribution < -0.4 is 9.64 Å². The Morgan fingerprint density at radius 1 is 1.02 bits per heavy atom. The van der Waals surface area contributed by atoms with Crippen LogP contribution in [0.25, 0.3) is 0 Å². The second-order valence-corrected chi connectivity index (χ2v) is 12.7. The summed E-state index contributed by atoms with van der Waals surface area (Å²) in [5.74, 6) is -8.41. The molecule has 3 N–H and O–H groups in total. The average molecular weight is 694 g/mol. The number of allylic oxidation sites excluding steroid dienone is 2. The number of carbonyl (C=O) groups excluding carboxylic acids is 4. The number of carboxylic acid groups (broad SMARTS) is 1. The molecule has 43 heavy (non-hydrogen) atoms. The van der Waals surface area contributed by atoms with E-state index in [1.807, 2.05) is 0 Å². The topological polar surface area (TPSA) is 162 Å². The Balaban J connectivity index is 1.50. The van der Waals surface area contributed by atoms with Crippen molar-refractivity contribution in [3.05, 3.63) is 59.2 Å². The maximum atomic E-state index is 14.0. The minimum absolute atomic E-state index is 0.00561. The van der Waals surface area contributed by atoms with E-state index in [0.29, 0.717) is 11.1 Å². The lowest BCUT2D eigenvalue weighted by atomic mass is 9.56. The van der Waals surface area contributed by atoms with Gasteiger partial charge in [0.15, 0.2) is 21.2 Å². The summed E-state index contributed by atoms with van der Waals surface area (Å²) in [6, 6.07) is 7.79. The fraction of sp³-hybridized carbons (Fsp3) is 0.345. The quantitative estimate of drug-likeness (QED) is 0.183. The number of phenols is 2. The number of anilines is 1. The SMILES string of the molecule is COc1cc(C2C3=CCC4C(=O)N(c5ccc(C(=O)O)c(O)c5)C(=O)C4C3CC3(Cl)C(=O)N(CBr)C(=O)C23Cl)ccc1O. The van der Waals surface area contributed by atoms with Crippen LogP contribution in [0.5, 0.6) is 17.2 Å². The van der Waals surface area contributed by atoms with Gasteiger partial charge in [-0.05, 0) is 48.6 Å². The molecular formula is C29H23BrCl2N2O9. The number of alkyl halides is 3. The molecular weight excluding hydrogens is 671 g/mol. The Bertz CT molecular complexity index is 1680. The molecule has 4 aliphatic rings. The molecule has 2 saturated heterocycles. The Labute approximate surface area is 262 Å². The Hall–Kier alpha value is -3.61. The van der Waals surface area contributed by atoms with Gasteiger partial charge < -0.3 is 20.1 Å². The number of ether oxygens (including phenoxy) is 1. The molecule has 2 heterocycles. The molecule has 14 heteroatoms. The summed E-state index contributed by atoms with van der Waals surface area (Å²) in [7, 11) is 1.35. The number of carbonyl (C=O) groups is 5. The van der Waals surface area contributed by atoms with Crippen molar-refractivity contribution in [3.63, 3.8) is 0 Å². The van der Waals surface area contributed by atoms with E-state index in [0.717, 1.165) is 21.9 Å². The first-order valence-electron chi connectivity index (χ1n) is 13.1. The van der Waals surface area contributed by atoms with Gasteiger partial charge in [0.25, 0.3) is 11.8 Å². The van der Waals surface area contributed by atoms with E-state index in [4.69, 9.17) is 27.9 Å². The smallest absolute Gasteiger partial charge is 0.339 e. The van der Waals surface area contributed by atoms with Gasteiger partial charge in [-0.25, -0.2) is 9.69 Å². The number of imide groups is 2. The van der Waals surface area contributed by atoms with Gasteiger partial charge in [0.05, 0.1) is 30.1 Å². The molecule has 1 saturated carbocycles. The number of carboxylic acids is 1. The Morgan fingerprint density at radius 3 is 2.37 bits per heavy atom. The molecule has 4 amide bonds.